The van der Waals surface area contributed by atoms with E-state index < -0.39 is 5.91 Å². The minimum Gasteiger partial charge on any atom is -0.507 e. The predicted molar refractivity (Wildman–Crippen MR) is 71.9 cm³/mol. The minimum atomic E-state index is -0.444. The van der Waals surface area contributed by atoms with Crippen LogP contribution in [0.2, 0.25) is 5.02 Å². The Labute approximate surface area is 109 Å². The first-order valence-electron chi connectivity index (χ1n) is 5.22. The molecule has 0 heterocycles. The Morgan fingerprint density at radius 1 is 1.22 bits per heavy atom. The van der Waals surface area contributed by atoms with Crippen LogP contribution < -0.4 is 11.1 Å². The number of halogens is 1. The van der Waals surface area contributed by atoms with Crippen molar-refractivity contribution in [2.75, 3.05) is 11.1 Å². The molecule has 2 aromatic carbocycles. The second-order valence-electron chi connectivity index (χ2n) is 3.71. The number of para-hydroxylation sites is 1. The number of carbonyl (C=O) groups is 1. The van der Waals surface area contributed by atoms with Crippen LogP contribution in [-0.2, 0) is 0 Å². The molecule has 0 saturated heterocycles. The van der Waals surface area contributed by atoms with Gasteiger partial charge in [0.25, 0.3) is 5.91 Å². The molecule has 2 rings (SSSR count). The quantitative estimate of drug-likeness (QED) is 0.729. The number of carbonyl (C=O) groups excluding carboxylic acids is 1. The molecule has 2 aromatic rings. The predicted octanol–water partition coefficient (Wildman–Crippen LogP) is 2.88. The van der Waals surface area contributed by atoms with Crippen LogP contribution >= 0.6 is 11.6 Å². The van der Waals surface area contributed by atoms with Crippen LogP contribution in [-0.4, -0.2) is 11.0 Å². The Balaban J connectivity index is 2.25. The summed E-state index contributed by atoms with van der Waals surface area (Å²) in [6.45, 7) is 0. The smallest absolute Gasteiger partial charge is 0.259 e. The van der Waals surface area contributed by atoms with E-state index in [0.717, 1.165) is 0 Å². The van der Waals surface area contributed by atoms with Crippen LogP contribution in [0.15, 0.2) is 42.5 Å². The first-order chi connectivity index (χ1) is 8.58. The zero-order valence-corrected chi connectivity index (χ0v) is 10.1. The van der Waals surface area contributed by atoms with E-state index in [1.54, 1.807) is 30.3 Å². The third-order valence-electron chi connectivity index (χ3n) is 2.39. The average molecular weight is 263 g/mol. The van der Waals surface area contributed by atoms with Crippen molar-refractivity contribution in [3.8, 4) is 5.75 Å². The number of benzene rings is 2. The van der Waals surface area contributed by atoms with Crippen LogP contribution in [0.4, 0.5) is 11.4 Å². The molecule has 0 atom stereocenters. The zero-order valence-electron chi connectivity index (χ0n) is 9.35. The second kappa shape index (κ2) is 4.98. The summed E-state index contributed by atoms with van der Waals surface area (Å²) in [5, 5.41) is 12.7. The summed E-state index contributed by atoms with van der Waals surface area (Å²) in [6, 6.07) is 11.2. The van der Waals surface area contributed by atoms with Gasteiger partial charge in [0.15, 0.2) is 0 Å². The van der Waals surface area contributed by atoms with E-state index in [-0.39, 0.29) is 11.3 Å². The molecule has 0 bridgehead atoms. The molecule has 18 heavy (non-hydrogen) atoms. The molecule has 0 radical (unpaired) electrons. The molecule has 1 amide bonds. The van der Waals surface area contributed by atoms with Gasteiger partial charge in [-0.2, -0.15) is 0 Å². The SMILES string of the molecule is Nc1ccc(C(=O)Nc2ccccc2Cl)c(O)c1. The van der Waals surface area contributed by atoms with Crippen molar-refractivity contribution in [2.24, 2.45) is 0 Å². The Kier molecular flexibility index (Phi) is 3.39. The van der Waals surface area contributed by atoms with Gasteiger partial charge in [-0.15, -0.1) is 0 Å². The highest BCUT2D eigenvalue weighted by atomic mass is 35.5. The van der Waals surface area contributed by atoms with Crippen LogP contribution in [0.3, 0.4) is 0 Å². The molecule has 92 valence electrons. The van der Waals surface area contributed by atoms with Gasteiger partial charge in [0.2, 0.25) is 0 Å². The van der Waals surface area contributed by atoms with Crippen molar-refractivity contribution >= 4 is 28.9 Å². The standard InChI is InChI=1S/C13H11ClN2O2/c14-10-3-1-2-4-11(10)16-13(18)9-6-5-8(15)7-12(9)17/h1-7,17H,15H2,(H,16,18). The summed E-state index contributed by atoms with van der Waals surface area (Å²) in [7, 11) is 0. The van der Waals surface area contributed by atoms with Crippen molar-refractivity contribution in [3.05, 3.63) is 53.1 Å². The Bertz CT molecular complexity index is 599. The summed E-state index contributed by atoms with van der Waals surface area (Å²) < 4.78 is 0. The summed E-state index contributed by atoms with van der Waals surface area (Å²) in [4.78, 5) is 11.9. The average Bonchev–Trinajstić information content (AvgIpc) is 2.32. The zero-order chi connectivity index (χ0) is 13.1. The Hall–Kier alpha value is -2.20. The monoisotopic (exact) mass is 262 g/mol. The fraction of sp³-hybridized carbons (Fsp3) is 0. The van der Waals surface area contributed by atoms with Gasteiger partial charge in [-0.3, -0.25) is 4.79 Å². The molecule has 0 unspecified atom stereocenters. The number of nitrogen functional groups attached to an aromatic ring is 1. The highest BCUT2D eigenvalue weighted by Gasteiger charge is 2.12. The van der Waals surface area contributed by atoms with Gasteiger partial charge in [-0.1, -0.05) is 23.7 Å². The first-order valence-corrected chi connectivity index (χ1v) is 5.60. The highest BCUT2D eigenvalue weighted by Crippen LogP contribution is 2.24. The number of amides is 1. The Morgan fingerprint density at radius 3 is 2.61 bits per heavy atom. The fourth-order valence-corrected chi connectivity index (χ4v) is 1.68. The summed E-state index contributed by atoms with van der Waals surface area (Å²) >= 11 is 5.92. The van der Waals surface area contributed by atoms with Crippen LogP contribution in [0, 0.1) is 0 Å². The van der Waals surface area contributed by atoms with E-state index in [4.69, 9.17) is 17.3 Å². The number of nitrogens with two attached hydrogens (primary N) is 1. The van der Waals surface area contributed by atoms with Gasteiger partial charge in [-0.25, -0.2) is 0 Å². The molecule has 0 fully saturated rings. The van der Waals surface area contributed by atoms with Crippen molar-refractivity contribution in [1.29, 1.82) is 0 Å². The molecule has 0 aliphatic rings. The Morgan fingerprint density at radius 2 is 1.94 bits per heavy atom. The lowest BCUT2D eigenvalue weighted by atomic mass is 10.1. The molecule has 4 N–H and O–H groups in total. The number of aromatic hydroxyl groups is 1. The largest absolute Gasteiger partial charge is 0.507 e. The molecule has 0 aliphatic carbocycles. The molecule has 5 heteroatoms. The summed E-state index contributed by atoms with van der Waals surface area (Å²) in [6.07, 6.45) is 0. The number of phenolic OH excluding ortho intramolecular Hbond substituents is 1. The van der Waals surface area contributed by atoms with E-state index in [9.17, 15) is 9.90 Å². The molecule has 4 nitrogen and oxygen atoms in total. The van der Waals surface area contributed by atoms with Gasteiger partial charge < -0.3 is 16.2 Å². The normalized spacial score (nSPS) is 10.1. The number of nitrogens with one attached hydrogen (secondary N) is 1. The van der Waals surface area contributed by atoms with Gasteiger partial charge in [0.05, 0.1) is 16.3 Å². The first kappa shape index (κ1) is 12.3. The van der Waals surface area contributed by atoms with E-state index in [1.807, 2.05) is 0 Å². The second-order valence-corrected chi connectivity index (χ2v) is 4.12. The topological polar surface area (TPSA) is 75.4 Å². The van der Waals surface area contributed by atoms with E-state index >= 15 is 0 Å². The van der Waals surface area contributed by atoms with Gasteiger partial charge in [0.1, 0.15) is 5.75 Å². The summed E-state index contributed by atoms with van der Waals surface area (Å²) in [5.41, 5.74) is 6.51. The van der Waals surface area contributed by atoms with Gasteiger partial charge in [-0.05, 0) is 24.3 Å². The van der Waals surface area contributed by atoms with Crippen molar-refractivity contribution in [2.45, 2.75) is 0 Å². The van der Waals surface area contributed by atoms with Crippen LogP contribution in [0.1, 0.15) is 10.4 Å². The van der Waals surface area contributed by atoms with E-state index in [2.05, 4.69) is 5.32 Å². The summed E-state index contributed by atoms with van der Waals surface area (Å²) in [5.74, 6) is -0.611. The van der Waals surface area contributed by atoms with Crippen molar-refractivity contribution in [1.82, 2.24) is 0 Å². The maximum Gasteiger partial charge on any atom is 0.259 e. The molecule has 0 aliphatic heterocycles. The molecule has 0 aromatic heterocycles. The number of rotatable bonds is 2. The van der Waals surface area contributed by atoms with Gasteiger partial charge in [0, 0.05) is 11.8 Å². The third-order valence-corrected chi connectivity index (χ3v) is 2.72. The number of hydrogen-bond acceptors (Lipinski definition) is 3. The van der Waals surface area contributed by atoms with E-state index in [0.29, 0.717) is 16.4 Å². The number of anilines is 2. The lowest BCUT2D eigenvalue weighted by molar-refractivity contribution is 0.102. The molecular weight excluding hydrogens is 252 g/mol. The number of hydrogen-bond donors (Lipinski definition) is 3. The molecular formula is C13H11ClN2O2. The van der Waals surface area contributed by atoms with Crippen molar-refractivity contribution < 1.29 is 9.90 Å². The van der Waals surface area contributed by atoms with Gasteiger partial charge >= 0.3 is 0 Å². The van der Waals surface area contributed by atoms with E-state index in [1.165, 1.54) is 12.1 Å². The highest BCUT2D eigenvalue weighted by molar-refractivity contribution is 6.33. The maximum absolute atomic E-state index is 11.9. The van der Waals surface area contributed by atoms with Crippen LogP contribution in [0.25, 0.3) is 0 Å². The maximum atomic E-state index is 11.9. The molecule has 0 saturated carbocycles. The number of phenols is 1. The lowest BCUT2D eigenvalue weighted by Gasteiger charge is -2.08. The molecule has 0 spiro atoms. The fourth-order valence-electron chi connectivity index (χ4n) is 1.49. The van der Waals surface area contributed by atoms with Crippen LogP contribution in [0.5, 0.6) is 5.75 Å². The van der Waals surface area contributed by atoms with Crippen molar-refractivity contribution in [3.63, 3.8) is 0 Å². The third kappa shape index (κ3) is 2.55. The minimum absolute atomic E-state index is 0.143. The lowest BCUT2D eigenvalue weighted by Crippen LogP contribution is -2.12.